The lowest BCUT2D eigenvalue weighted by molar-refractivity contribution is -0.142. The fraction of sp³-hybridized carbons (Fsp3) is 0.188. The number of carbonyl (C=O) groups excluding carboxylic acids is 1. The van der Waals surface area contributed by atoms with E-state index in [1.165, 1.54) is 12.4 Å². The molecule has 0 saturated heterocycles. The summed E-state index contributed by atoms with van der Waals surface area (Å²) in [5, 5.41) is 12.0. The van der Waals surface area contributed by atoms with Gasteiger partial charge in [0.05, 0.1) is 12.0 Å². The Kier molecular flexibility index (Phi) is 4.66. The number of aromatic nitrogens is 1. The number of aliphatic carboxylic acids is 1. The van der Waals surface area contributed by atoms with Crippen molar-refractivity contribution < 1.29 is 14.7 Å². The Morgan fingerprint density at radius 2 is 1.71 bits per heavy atom. The maximum Gasteiger partial charge on any atom is 0.308 e. The van der Waals surface area contributed by atoms with E-state index in [1.54, 1.807) is 31.2 Å². The van der Waals surface area contributed by atoms with Crippen molar-refractivity contribution in [2.75, 3.05) is 0 Å². The molecule has 0 saturated carbocycles. The van der Waals surface area contributed by atoms with E-state index >= 15 is 0 Å². The zero-order valence-corrected chi connectivity index (χ0v) is 11.6. The smallest absolute Gasteiger partial charge is 0.308 e. The molecule has 1 amide bonds. The van der Waals surface area contributed by atoms with Gasteiger partial charge in [-0.2, -0.15) is 0 Å². The van der Waals surface area contributed by atoms with Crippen LogP contribution in [0.5, 0.6) is 0 Å². The first-order valence-corrected chi connectivity index (χ1v) is 6.58. The van der Waals surface area contributed by atoms with Crippen molar-refractivity contribution in [3.05, 3.63) is 66.0 Å². The quantitative estimate of drug-likeness (QED) is 0.882. The second-order valence-electron chi connectivity index (χ2n) is 4.72. The Balaban J connectivity index is 2.25. The van der Waals surface area contributed by atoms with E-state index in [2.05, 4.69) is 10.3 Å². The van der Waals surface area contributed by atoms with E-state index in [-0.39, 0.29) is 5.91 Å². The van der Waals surface area contributed by atoms with Gasteiger partial charge in [-0.15, -0.1) is 0 Å². The van der Waals surface area contributed by atoms with E-state index in [0.717, 1.165) is 5.56 Å². The normalized spacial score (nSPS) is 13.2. The molecule has 0 bridgehead atoms. The van der Waals surface area contributed by atoms with Gasteiger partial charge in [0.15, 0.2) is 0 Å². The van der Waals surface area contributed by atoms with Crippen LogP contribution in [0.25, 0.3) is 0 Å². The number of nitrogens with zero attached hydrogens (tertiary/aromatic N) is 1. The van der Waals surface area contributed by atoms with Crippen molar-refractivity contribution in [1.29, 1.82) is 0 Å². The van der Waals surface area contributed by atoms with Gasteiger partial charge in [0.2, 0.25) is 0 Å². The number of benzene rings is 1. The molecule has 2 aromatic rings. The van der Waals surface area contributed by atoms with Crippen LogP contribution >= 0.6 is 0 Å². The molecule has 0 fully saturated rings. The minimum absolute atomic E-state index is 0.320. The van der Waals surface area contributed by atoms with Gasteiger partial charge >= 0.3 is 5.97 Å². The molecular weight excluding hydrogens is 268 g/mol. The number of carboxylic acid groups (broad SMARTS) is 1. The highest BCUT2D eigenvalue weighted by molar-refractivity contribution is 5.94. The highest BCUT2D eigenvalue weighted by atomic mass is 16.4. The molecule has 1 heterocycles. The number of rotatable bonds is 5. The summed E-state index contributed by atoms with van der Waals surface area (Å²) in [5.41, 5.74) is 1.21. The molecule has 2 N–H and O–H groups in total. The molecule has 5 heteroatoms. The van der Waals surface area contributed by atoms with Crippen molar-refractivity contribution in [3.8, 4) is 0 Å². The first-order valence-electron chi connectivity index (χ1n) is 6.58. The van der Waals surface area contributed by atoms with Gasteiger partial charge in [0.1, 0.15) is 0 Å². The Morgan fingerprint density at radius 1 is 1.10 bits per heavy atom. The lowest BCUT2D eigenvalue weighted by Crippen LogP contribution is -2.35. The average Bonchev–Trinajstić information content (AvgIpc) is 2.53. The minimum Gasteiger partial charge on any atom is -0.481 e. The summed E-state index contributed by atoms with van der Waals surface area (Å²) in [4.78, 5) is 27.3. The third-order valence-electron chi connectivity index (χ3n) is 3.28. The van der Waals surface area contributed by atoms with Crippen LogP contribution < -0.4 is 5.32 Å². The average molecular weight is 284 g/mol. The molecule has 108 valence electrons. The molecule has 0 radical (unpaired) electrons. The maximum absolute atomic E-state index is 12.2. The molecule has 5 nitrogen and oxygen atoms in total. The van der Waals surface area contributed by atoms with Gasteiger partial charge in [-0.1, -0.05) is 30.3 Å². The summed E-state index contributed by atoms with van der Waals surface area (Å²) in [6.45, 7) is 1.58. The molecule has 0 spiro atoms. The zero-order valence-electron chi connectivity index (χ0n) is 11.6. The van der Waals surface area contributed by atoms with Crippen molar-refractivity contribution in [2.24, 2.45) is 5.92 Å². The second kappa shape index (κ2) is 6.65. The molecule has 2 atom stereocenters. The lowest BCUT2D eigenvalue weighted by Gasteiger charge is -2.23. The van der Waals surface area contributed by atoms with E-state index < -0.39 is 17.9 Å². The molecule has 1 aromatic carbocycles. The van der Waals surface area contributed by atoms with Crippen molar-refractivity contribution in [3.63, 3.8) is 0 Å². The number of carbonyl (C=O) groups is 2. The molecule has 2 rings (SSSR count). The van der Waals surface area contributed by atoms with E-state index in [1.807, 2.05) is 18.2 Å². The summed E-state index contributed by atoms with van der Waals surface area (Å²) in [6, 6.07) is 11.7. The van der Waals surface area contributed by atoms with Crippen molar-refractivity contribution in [1.82, 2.24) is 10.3 Å². The summed E-state index contributed by atoms with van der Waals surface area (Å²) >= 11 is 0. The summed E-state index contributed by atoms with van der Waals surface area (Å²) in [6.07, 6.45) is 3.04. The summed E-state index contributed by atoms with van der Waals surface area (Å²) in [5.74, 6) is -2.02. The van der Waals surface area contributed by atoms with Crippen LogP contribution in [0.15, 0.2) is 54.9 Å². The van der Waals surface area contributed by atoms with Gasteiger partial charge < -0.3 is 10.4 Å². The lowest BCUT2D eigenvalue weighted by atomic mass is 9.94. The van der Waals surface area contributed by atoms with Crippen LogP contribution in [0.2, 0.25) is 0 Å². The monoisotopic (exact) mass is 284 g/mol. The molecule has 0 aliphatic rings. The maximum atomic E-state index is 12.2. The largest absolute Gasteiger partial charge is 0.481 e. The Bertz CT molecular complexity index is 614. The molecule has 0 aliphatic heterocycles. The first-order chi connectivity index (χ1) is 10.1. The fourth-order valence-electron chi connectivity index (χ4n) is 2.03. The topological polar surface area (TPSA) is 79.3 Å². The Morgan fingerprint density at radius 3 is 2.29 bits per heavy atom. The molecule has 1 aromatic heterocycles. The highest BCUT2D eigenvalue weighted by Gasteiger charge is 2.26. The van der Waals surface area contributed by atoms with Gasteiger partial charge in [0.25, 0.3) is 5.91 Å². The number of hydrogen-bond acceptors (Lipinski definition) is 3. The Hall–Kier alpha value is -2.69. The number of hydrogen-bond donors (Lipinski definition) is 2. The predicted octanol–water partition coefficient (Wildman–Crippen LogP) is 2.27. The van der Waals surface area contributed by atoms with Crippen LogP contribution in [0.1, 0.15) is 28.9 Å². The van der Waals surface area contributed by atoms with Crippen LogP contribution in [-0.4, -0.2) is 22.0 Å². The molecule has 21 heavy (non-hydrogen) atoms. The summed E-state index contributed by atoms with van der Waals surface area (Å²) in [7, 11) is 0. The van der Waals surface area contributed by atoms with Crippen LogP contribution in [-0.2, 0) is 4.79 Å². The zero-order chi connectivity index (χ0) is 15.2. The van der Waals surface area contributed by atoms with Gasteiger partial charge in [-0.05, 0) is 24.6 Å². The minimum atomic E-state index is -0.959. The number of carboxylic acids is 1. The fourth-order valence-corrected chi connectivity index (χ4v) is 2.03. The third kappa shape index (κ3) is 3.66. The number of nitrogens with one attached hydrogen (secondary N) is 1. The predicted molar refractivity (Wildman–Crippen MR) is 77.7 cm³/mol. The van der Waals surface area contributed by atoms with Gasteiger partial charge in [-0.3, -0.25) is 14.6 Å². The molecular formula is C16H16N2O3. The van der Waals surface area contributed by atoms with Gasteiger partial charge in [0, 0.05) is 18.0 Å². The van der Waals surface area contributed by atoms with Crippen LogP contribution in [0.4, 0.5) is 0 Å². The highest BCUT2D eigenvalue weighted by Crippen LogP contribution is 2.22. The number of amides is 1. The number of pyridine rings is 1. The van der Waals surface area contributed by atoms with E-state index in [9.17, 15) is 14.7 Å². The van der Waals surface area contributed by atoms with Crippen LogP contribution in [0, 0.1) is 5.92 Å². The van der Waals surface area contributed by atoms with E-state index in [0.29, 0.717) is 5.56 Å². The first kappa shape index (κ1) is 14.7. The second-order valence-corrected chi connectivity index (χ2v) is 4.72. The van der Waals surface area contributed by atoms with Gasteiger partial charge in [-0.25, -0.2) is 0 Å². The summed E-state index contributed by atoms with van der Waals surface area (Å²) < 4.78 is 0. The molecule has 0 aliphatic carbocycles. The molecule has 0 unspecified atom stereocenters. The van der Waals surface area contributed by atoms with Crippen LogP contribution in [0.3, 0.4) is 0 Å². The van der Waals surface area contributed by atoms with E-state index in [4.69, 9.17) is 0 Å². The SMILES string of the molecule is C[C@@H](C(=O)O)[C@H](NC(=O)c1ccncc1)c1ccccc1. The Labute approximate surface area is 122 Å². The third-order valence-corrected chi connectivity index (χ3v) is 3.28. The van der Waals surface area contributed by atoms with Crippen molar-refractivity contribution in [2.45, 2.75) is 13.0 Å². The standard InChI is InChI=1S/C16H16N2O3/c1-11(16(20)21)14(12-5-3-2-4-6-12)18-15(19)13-7-9-17-10-8-13/h2-11,14H,1H3,(H,18,19)(H,20,21)/t11-,14+/m1/s1. The van der Waals surface area contributed by atoms with Crippen molar-refractivity contribution >= 4 is 11.9 Å².